The van der Waals surface area contributed by atoms with Crippen LogP contribution in [0.3, 0.4) is 0 Å². The number of aliphatic hydroxyl groups is 1. The lowest BCUT2D eigenvalue weighted by Gasteiger charge is -2.31. The zero-order valence-corrected chi connectivity index (χ0v) is 27.6. The maximum atomic E-state index is 14.7. The first-order valence-electron chi connectivity index (χ1n) is 16.5. The number of amides is 1. The number of aliphatic imine (C=N–C) groups is 1. The summed E-state index contributed by atoms with van der Waals surface area (Å²) in [6, 6.07) is 35.0. The van der Waals surface area contributed by atoms with Crippen LogP contribution in [0, 0.1) is 11.6 Å². The number of azide groups is 1. The first-order valence-corrected chi connectivity index (χ1v) is 16.5. The number of carbonyl (C=O) groups is 1. The molecule has 0 bridgehead atoms. The third-order valence-electron chi connectivity index (χ3n) is 8.68. The third-order valence-corrected chi connectivity index (χ3v) is 8.68. The van der Waals surface area contributed by atoms with E-state index in [1.165, 1.54) is 0 Å². The Labute approximate surface area is 293 Å². The number of rotatable bonds is 14. The molecule has 1 aliphatic rings. The Bertz CT molecular complexity index is 2050. The number of nitrogens with zero attached hydrogens (tertiary/aromatic N) is 4. The molecule has 0 spiro atoms. The van der Waals surface area contributed by atoms with Gasteiger partial charge in [-0.2, -0.15) is 0 Å². The van der Waals surface area contributed by atoms with E-state index in [1.807, 2.05) is 78.9 Å². The van der Waals surface area contributed by atoms with Crippen molar-refractivity contribution in [3.05, 3.63) is 171 Å². The van der Waals surface area contributed by atoms with Gasteiger partial charge in [0, 0.05) is 42.0 Å². The molecule has 9 nitrogen and oxygen atoms in total. The number of ether oxygens (including phenoxy) is 2. The SMILES string of the molecule is [N-]=[N+]=NCc1ccccc1C[C@@]1(C(=O)NCc2cc(F)ccc2F)N=C(c2ccc(OCCCO)cc2)O[C@@H]1c1ccc(-c2ccccc2)cc1. The molecule has 2 N–H and O–H groups in total. The minimum Gasteiger partial charge on any atom is -0.494 e. The highest BCUT2D eigenvalue weighted by Crippen LogP contribution is 2.43. The summed E-state index contributed by atoms with van der Waals surface area (Å²) in [5.41, 5.74) is 12.0. The maximum absolute atomic E-state index is 14.7. The quantitative estimate of drug-likeness (QED) is 0.0530. The predicted octanol–water partition coefficient (Wildman–Crippen LogP) is 8.02. The Kier molecular flexibility index (Phi) is 11.0. The van der Waals surface area contributed by atoms with Gasteiger partial charge in [-0.3, -0.25) is 4.79 Å². The van der Waals surface area contributed by atoms with Crippen LogP contribution in [0.25, 0.3) is 21.6 Å². The summed E-state index contributed by atoms with van der Waals surface area (Å²) in [7, 11) is 0. The van der Waals surface area contributed by atoms with Crippen molar-refractivity contribution >= 4 is 11.8 Å². The van der Waals surface area contributed by atoms with Crippen LogP contribution < -0.4 is 10.1 Å². The molecule has 0 fully saturated rings. The number of benzene rings is 5. The second-order valence-electron chi connectivity index (χ2n) is 12.0. The van der Waals surface area contributed by atoms with Crippen molar-refractivity contribution in [3.63, 3.8) is 0 Å². The van der Waals surface area contributed by atoms with Crippen LogP contribution in [0.15, 0.2) is 131 Å². The van der Waals surface area contributed by atoms with Crippen molar-refractivity contribution in [2.45, 2.75) is 37.6 Å². The summed E-state index contributed by atoms with van der Waals surface area (Å²) in [4.78, 5) is 22.6. The van der Waals surface area contributed by atoms with Crippen LogP contribution in [0.2, 0.25) is 0 Å². The molecule has 11 heteroatoms. The predicted molar refractivity (Wildman–Crippen MR) is 190 cm³/mol. The van der Waals surface area contributed by atoms with E-state index in [-0.39, 0.29) is 37.6 Å². The molecule has 0 saturated heterocycles. The Morgan fingerprint density at radius 2 is 1.57 bits per heavy atom. The van der Waals surface area contributed by atoms with Crippen LogP contribution in [0.4, 0.5) is 8.78 Å². The normalized spacial score (nSPS) is 16.5. The fourth-order valence-electron chi connectivity index (χ4n) is 6.05. The van der Waals surface area contributed by atoms with Crippen molar-refractivity contribution in [1.29, 1.82) is 0 Å². The molecule has 0 saturated carbocycles. The van der Waals surface area contributed by atoms with Crippen LogP contribution in [0.5, 0.6) is 5.75 Å². The lowest BCUT2D eigenvalue weighted by molar-refractivity contribution is -0.129. The zero-order chi connectivity index (χ0) is 35.6. The van der Waals surface area contributed by atoms with Crippen LogP contribution in [-0.2, 0) is 29.0 Å². The standard InChI is InChI=1S/C40H35F2N5O4/c41-34-17-20-36(42)33(23-34)25-44-39(49)40(24-31-9-4-5-10-32(31)26-45-47-43)37(29-13-11-28(12-14-29)27-7-2-1-3-8-27)51-38(46-40)30-15-18-35(19-16-30)50-22-6-21-48/h1-5,7-20,23,37,48H,6,21-22,24-26H2,(H,44,49)/t37-,40-/m1/s1. The van der Waals surface area contributed by atoms with Crippen molar-refractivity contribution in [2.24, 2.45) is 10.1 Å². The summed E-state index contributed by atoms with van der Waals surface area (Å²) in [6.07, 6.45) is -0.443. The van der Waals surface area contributed by atoms with E-state index >= 15 is 0 Å². The molecule has 258 valence electrons. The van der Waals surface area contributed by atoms with Gasteiger partial charge in [-0.05, 0) is 75.8 Å². The zero-order valence-electron chi connectivity index (χ0n) is 27.6. The minimum atomic E-state index is -1.64. The van der Waals surface area contributed by atoms with Crippen molar-refractivity contribution in [3.8, 4) is 16.9 Å². The number of halogens is 2. The molecule has 51 heavy (non-hydrogen) atoms. The largest absolute Gasteiger partial charge is 0.494 e. The molecule has 0 aromatic heterocycles. The minimum absolute atomic E-state index is 0.0123. The third kappa shape index (κ3) is 8.07. The molecular weight excluding hydrogens is 652 g/mol. The van der Waals surface area contributed by atoms with Gasteiger partial charge in [0.15, 0.2) is 11.6 Å². The number of aliphatic hydroxyl groups excluding tert-OH is 1. The number of hydrogen-bond donors (Lipinski definition) is 2. The highest BCUT2D eigenvalue weighted by Gasteiger charge is 2.53. The molecule has 0 aliphatic carbocycles. The fraction of sp³-hybridized carbons (Fsp3) is 0.200. The smallest absolute Gasteiger partial charge is 0.252 e. The van der Waals surface area contributed by atoms with Gasteiger partial charge in [0.05, 0.1) is 13.2 Å². The average Bonchev–Trinajstić information content (AvgIpc) is 3.56. The van der Waals surface area contributed by atoms with E-state index in [0.717, 1.165) is 29.3 Å². The summed E-state index contributed by atoms with van der Waals surface area (Å²) in [5, 5.41) is 15.7. The van der Waals surface area contributed by atoms with Crippen LogP contribution in [0.1, 0.15) is 40.3 Å². The lowest BCUT2D eigenvalue weighted by atomic mass is 9.80. The van der Waals surface area contributed by atoms with Gasteiger partial charge in [-0.25, -0.2) is 13.8 Å². The first-order chi connectivity index (χ1) is 24.9. The lowest BCUT2D eigenvalue weighted by Crippen LogP contribution is -2.50. The number of carbonyl (C=O) groups excluding carboxylic acids is 1. The molecule has 1 aliphatic heterocycles. The number of nitrogens with one attached hydrogen (secondary N) is 1. The van der Waals surface area contributed by atoms with Crippen molar-refractivity contribution < 1.29 is 28.2 Å². The molecular formula is C40H35F2N5O4. The summed E-state index contributed by atoms with van der Waals surface area (Å²) in [5.74, 6) is -1.07. The van der Waals surface area contributed by atoms with E-state index in [4.69, 9.17) is 25.1 Å². The molecule has 1 amide bonds. The Morgan fingerprint density at radius 1 is 0.882 bits per heavy atom. The highest BCUT2D eigenvalue weighted by atomic mass is 19.1. The van der Waals surface area contributed by atoms with Gasteiger partial charge < -0.3 is 19.9 Å². The average molecular weight is 688 g/mol. The van der Waals surface area contributed by atoms with Crippen molar-refractivity contribution in [2.75, 3.05) is 13.2 Å². The highest BCUT2D eigenvalue weighted by molar-refractivity contribution is 6.01. The monoisotopic (exact) mass is 687 g/mol. The van der Waals surface area contributed by atoms with E-state index in [0.29, 0.717) is 41.0 Å². The van der Waals surface area contributed by atoms with Gasteiger partial charge in [-0.1, -0.05) is 84.0 Å². The van der Waals surface area contributed by atoms with Gasteiger partial charge in [0.2, 0.25) is 5.90 Å². The maximum Gasteiger partial charge on any atom is 0.252 e. The molecule has 5 aromatic rings. The number of hydrogen-bond acceptors (Lipinski definition) is 6. The second kappa shape index (κ2) is 16.1. The van der Waals surface area contributed by atoms with E-state index in [9.17, 15) is 13.6 Å². The fourth-order valence-corrected chi connectivity index (χ4v) is 6.05. The topological polar surface area (TPSA) is 129 Å². The molecule has 1 heterocycles. The molecule has 5 aromatic carbocycles. The molecule has 0 unspecified atom stereocenters. The Hall–Kier alpha value is -6.03. The summed E-state index contributed by atoms with van der Waals surface area (Å²) in [6.45, 7) is 0.108. The summed E-state index contributed by atoms with van der Waals surface area (Å²) >= 11 is 0. The van der Waals surface area contributed by atoms with Crippen LogP contribution >= 0.6 is 0 Å². The summed E-state index contributed by atoms with van der Waals surface area (Å²) < 4.78 is 41.2. The Morgan fingerprint density at radius 3 is 2.29 bits per heavy atom. The molecule has 2 atom stereocenters. The van der Waals surface area contributed by atoms with Crippen molar-refractivity contribution in [1.82, 2.24) is 5.32 Å². The molecule has 0 radical (unpaired) electrons. The Balaban J connectivity index is 1.45. The van der Waals surface area contributed by atoms with Gasteiger partial charge in [0.1, 0.15) is 17.4 Å². The first kappa shape index (κ1) is 34.8. The van der Waals surface area contributed by atoms with Gasteiger partial charge >= 0.3 is 0 Å². The van der Waals surface area contributed by atoms with Gasteiger partial charge in [0.25, 0.3) is 5.91 Å². The van der Waals surface area contributed by atoms with Crippen LogP contribution in [-0.4, -0.2) is 35.7 Å². The molecule has 6 rings (SSSR count). The van der Waals surface area contributed by atoms with E-state index < -0.39 is 29.2 Å². The van der Waals surface area contributed by atoms with E-state index in [1.54, 1.807) is 24.3 Å². The second-order valence-corrected chi connectivity index (χ2v) is 12.0. The van der Waals surface area contributed by atoms with E-state index in [2.05, 4.69) is 15.3 Å². The van der Waals surface area contributed by atoms with Gasteiger partial charge in [-0.15, -0.1) is 0 Å².